The van der Waals surface area contributed by atoms with Crippen LogP contribution in [0, 0.1) is 16.0 Å². The van der Waals surface area contributed by atoms with E-state index in [1.165, 1.54) is 0 Å². The number of rotatable bonds is 5. The van der Waals surface area contributed by atoms with E-state index in [4.69, 9.17) is 16.7 Å². The number of amides is 1. The lowest BCUT2D eigenvalue weighted by Gasteiger charge is -2.17. The summed E-state index contributed by atoms with van der Waals surface area (Å²) in [6, 6.07) is -0.179. The molecule has 9 heteroatoms. The zero-order valence-corrected chi connectivity index (χ0v) is 11.4. The topological polar surface area (TPSA) is 122 Å². The van der Waals surface area contributed by atoms with Gasteiger partial charge >= 0.3 is 5.97 Å². The fraction of sp³-hybridized carbons (Fsp3) is 0.364. The summed E-state index contributed by atoms with van der Waals surface area (Å²) in [5, 5.41) is 21.6. The molecule has 0 saturated heterocycles. The van der Waals surface area contributed by atoms with Crippen LogP contribution < -0.4 is 5.32 Å². The summed E-state index contributed by atoms with van der Waals surface area (Å²) < 4.78 is 0. The summed E-state index contributed by atoms with van der Waals surface area (Å²) >= 11 is 5.70. The number of aliphatic carboxylic acids is 1. The van der Waals surface area contributed by atoms with Crippen molar-refractivity contribution in [2.24, 2.45) is 5.92 Å². The van der Waals surface area contributed by atoms with Crippen molar-refractivity contribution in [3.63, 3.8) is 0 Å². The second-order valence-electron chi connectivity index (χ2n) is 4.32. The van der Waals surface area contributed by atoms with Crippen LogP contribution in [0.1, 0.15) is 24.2 Å². The van der Waals surface area contributed by atoms with E-state index in [9.17, 15) is 19.7 Å². The Bertz CT molecular complexity index is 561. The molecule has 1 rings (SSSR count). The minimum absolute atomic E-state index is 0.235. The minimum Gasteiger partial charge on any atom is -0.480 e. The molecule has 0 aromatic carbocycles. The van der Waals surface area contributed by atoms with Gasteiger partial charge in [-0.25, -0.2) is 9.78 Å². The molecule has 1 aromatic rings. The molecule has 0 saturated carbocycles. The summed E-state index contributed by atoms with van der Waals surface area (Å²) in [6.07, 6.45) is 0.913. The van der Waals surface area contributed by atoms with Gasteiger partial charge in [-0.2, -0.15) is 0 Å². The van der Waals surface area contributed by atoms with E-state index in [1.807, 2.05) is 0 Å². The summed E-state index contributed by atoms with van der Waals surface area (Å²) in [6.45, 7) is 3.23. The van der Waals surface area contributed by atoms with E-state index in [0.717, 1.165) is 12.3 Å². The number of nitrogens with zero attached hydrogens (tertiary/aromatic N) is 2. The molecule has 108 valence electrons. The molecule has 20 heavy (non-hydrogen) atoms. The maximum Gasteiger partial charge on any atom is 0.326 e. The van der Waals surface area contributed by atoms with E-state index < -0.39 is 28.5 Å². The zero-order valence-electron chi connectivity index (χ0n) is 10.7. The Balaban J connectivity index is 3.05. The van der Waals surface area contributed by atoms with Gasteiger partial charge in [-0.1, -0.05) is 25.4 Å². The van der Waals surface area contributed by atoms with Gasteiger partial charge in [0.05, 0.1) is 10.5 Å². The first kappa shape index (κ1) is 15.8. The highest BCUT2D eigenvalue weighted by Gasteiger charge is 2.26. The molecule has 2 N–H and O–H groups in total. The number of carbonyl (C=O) groups excluding carboxylic acids is 1. The number of nitro groups is 1. The fourth-order valence-corrected chi connectivity index (χ4v) is 1.62. The van der Waals surface area contributed by atoms with Crippen molar-refractivity contribution in [2.75, 3.05) is 0 Å². The Morgan fingerprint density at radius 3 is 2.55 bits per heavy atom. The molecule has 0 aliphatic rings. The van der Waals surface area contributed by atoms with E-state index in [2.05, 4.69) is 10.3 Å². The standard InChI is InChI=1S/C11H12ClN3O5/c1-5(2)8(11(17)18)14-10(16)7-3-6(15(19)20)4-13-9(7)12/h3-5,8H,1-2H3,(H,14,16)(H,17,18). The fourth-order valence-electron chi connectivity index (χ4n) is 1.43. The normalized spacial score (nSPS) is 12.0. The molecule has 1 unspecified atom stereocenters. The monoisotopic (exact) mass is 301 g/mol. The molecule has 1 heterocycles. The molecule has 0 fully saturated rings. The van der Waals surface area contributed by atoms with Crippen LogP contribution in [0.2, 0.25) is 5.15 Å². The number of hydrogen-bond acceptors (Lipinski definition) is 5. The average Bonchev–Trinajstić information content (AvgIpc) is 2.34. The van der Waals surface area contributed by atoms with E-state index in [-0.39, 0.29) is 16.6 Å². The summed E-state index contributed by atoms with van der Waals surface area (Å²) in [4.78, 5) is 36.4. The molecule has 0 aliphatic carbocycles. The van der Waals surface area contributed by atoms with Gasteiger partial charge in [0, 0.05) is 6.07 Å². The number of nitrogens with one attached hydrogen (secondary N) is 1. The molecule has 0 radical (unpaired) electrons. The molecule has 0 bridgehead atoms. The SMILES string of the molecule is CC(C)C(NC(=O)c1cc([N+](=O)[O-])cnc1Cl)C(=O)O. The van der Waals surface area contributed by atoms with Crippen molar-refractivity contribution in [1.29, 1.82) is 0 Å². The molecule has 1 aromatic heterocycles. The Morgan fingerprint density at radius 1 is 1.50 bits per heavy atom. The second kappa shape index (κ2) is 6.29. The largest absolute Gasteiger partial charge is 0.480 e. The van der Waals surface area contributed by atoms with Crippen molar-refractivity contribution in [2.45, 2.75) is 19.9 Å². The van der Waals surface area contributed by atoms with E-state index in [1.54, 1.807) is 13.8 Å². The van der Waals surface area contributed by atoms with Crippen LogP contribution in [0.15, 0.2) is 12.3 Å². The van der Waals surface area contributed by atoms with Gasteiger partial charge in [0.2, 0.25) is 0 Å². The first-order chi connectivity index (χ1) is 9.23. The van der Waals surface area contributed by atoms with Gasteiger partial charge in [-0.05, 0) is 5.92 Å². The predicted octanol–water partition coefficient (Wildman–Crippen LogP) is 1.48. The number of carboxylic acids is 1. The van der Waals surface area contributed by atoms with Crippen LogP contribution in [-0.4, -0.2) is 32.9 Å². The van der Waals surface area contributed by atoms with Gasteiger partial charge in [0.1, 0.15) is 17.4 Å². The Kier molecular flexibility index (Phi) is 4.98. The zero-order chi connectivity index (χ0) is 15.4. The quantitative estimate of drug-likeness (QED) is 0.482. The molecular weight excluding hydrogens is 290 g/mol. The Labute approximate surface area is 118 Å². The van der Waals surface area contributed by atoms with Crippen molar-refractivity contribution in [3.8, 4) is 0 Å². The maximum atomic E-state index is 11.9. The van der Waals surface area contributed by atoms with Crippen LogP contribution in [0.3, 0.4) is 0 Å². The van der Waals surface area contributed by atoms with Gasteiger partial charge in [-0.15, -0.1) is 0 Å². The third-order valence-electron chi connectivity index (χ3n) is 2.50. The highest BCUT2D eigenvalue weighted by molar-refractivity contribution is 6.32. The third kappa shape index (κ3) is 3.64. The Morgan fingerprint density at radius 2 is 2.10 bits per heavy atom. The highest BCUT2D eigenvalue weighted by Crippen LogP contribution is 2.19. The van der Waals surface area contributed by atoms with Gasteiger partial charge in [-0.3, -0.25) is 14.9 Å². The van der Waals surface area contributed by atoms with Crippen LogP contribution >= 0.6 is 11.6 Å². The average molecular weight is 302 g/mol. The summed E-state index contributed by atoms with van der Waals surface area (Å²) in [7, 11) is 0. The number of aromatic nitrogens is 1. The first-order valence-corrected chi connectivity index (χ1v) is 5.95. The lowest BCUT2D eigenvalue weighted by Crippen LogP contribution is -2.44. The predicted molar refractivity (Wildman–Crippen MR) is 69.6 cm³/mol. The third-order valence-corrected chi connectivity index (χ3v) is 2.80. The summed E-state index contributed by atoms with van der Waals surface area (Å²) in [5.41, 5.74) is -0.649. The van der Waals surface area contributed by atoms with E-state index in [0.29, 0.717) is 0 Å². The number of halogens is 1. The van der Waals surface area contributed by atoms with Crippen LogP contribution in [0.5, 0.6) is 0 Å². The minimum atomic E-state index is -1.21. The number of carbonyl (C=O) groups is 2. The van der Waals surface area contributed by atoms with Crippen molar-refractivity contribution < 1.29 is 19.6 Å². The van der Waals surface area contributed by atoms with Crippen molar-refractivity contribution in [3.05, 3.63) is 33.1 Å². The Hall–Kier alpha value is -2.22. The van der Waals surface area contributed by atoms with Gasteiger partial charge in [0.15, 0.2) is 0 Å². The smallest absolute Gasteiger partial charge is 0.326 e. The maximum absolute atomic E-state index is 11.9. The molecule has 1 amide bonds. The molecular formula is C11H12ClN3O5. The van der Waals surface area contributed by atoms with Gasteiger partial charge in [0.25, 0.3) is 11.6 Å². The number of pyridine rings is 1. The van der Waals surface area contributed by atoms with Crippen molar-refractivity contribution >= 4 is 29.2 Å². The molecule has 0 aliphatic heterocycles. The summed E-state index contributed by atoms with van der Waals surface area (Å²) in [5.74, 6) is -2.39. The highest BCUT2D eigenvalue weighted by atomic mass is 35.5. The lowest BCUT2D eigenvalue weighted by atomic mass is 10.0. The van der Waals surface area contributed by atoms with E-state index >= 15 is 0 Å². The van der Waals surface area contributed by atoms with Crippen molar-refractivity contribution in [1.82, 2.24) is 10.3 Å². The van der Waals surface area contributed by atoms with Gasteiger partial charge < -0.3 is 10.4 Å². The number of hydrogen-bond donors (Lipinski definition) is 2. The van der Waals surface area contributed by atoms with Crippen LogP contribution in [-0.2, 0) is 4.79 Å². The van der Waals surface area contributed by atoms with Crippen LogP contribution in [0.4, 0.5) is 5.69 Å². The molecule has 1 atom stereocenters. The molecule has 8 nitrogen and oxygen atoms in total. The number of carboxylic acid groups (broad SMARTS) is 1. The first-order valence-electron chi connectivity index (χ1n) is 5.57. The second-order valence-corrected chi connectivity index (χ2v) is 4.68. The molecule has 0 spiro atoms. The lowest BCUT2D eigenvalue weighted by molar-refractivity contribution is -0.385. The van der Waals surface area contributed by atoms with Crippen LogP contribution in [0.25, 0.3) is 0 Å².